The summed E-state index contributed by atoms with van der Waals surface area (Å²) < 4.78 is 5.43. The highest BCUT2D eigenvalue weighted by atomic mass is 16.6. The van der Waals surface area contributed by atoms with Crippen LogP contribution in [0.2, 0.25) is 0 Å². The van der Waals surface area contributed by atoms with E-state index in [-0.39, 0.29) is 12.0 Å². The van der Waals surface area contributed by atoms with Crippen molar-refractivity contribution < 1.29 is 24.2 Å². The number of amides is 2. The van der Waals surface area contributed by atoms with Gasteiger partial charge in [0.1, 0.15) is 17.5 Å². The second kappa shape index (κ2) is 13.3. The van der Waals surface area contributed by atoms with Gasteiger partial charge in [-0.1, -0.05) is 38.7 Å². The summed E-state index contributed by atoms with van der Waals surface area (Å²) in [5, 5.41) is 15.8. The summed E-state index contributed by atoms with van der Waals surface area (Å²) >= 11 is 0. The first-order valence-corrected chi connectivity index (χ1v) is 14.2. The van der Waals surface area contributed by atoms with E-state index in [0.29, 0.717) is 32.4 Å². The fourth-order valence-corrected chi connectivity index (χ4v) is 5.02. The number of hydrogen-bond donors (Lipinski definition) is 3. The average molecular weight is 531 g/mol. The molecule has 1 fully saturated rings. The highest BCUT2D eigenvalue weighted by Gasteiger charge is 2.40. The molecule has 0 aliphatic carbocycles. The van der Waals surface area contributed by atoms with Crippen LogP contribution in [0.15, 0.2) is 12.1 Å². The quantitative estimate of drug-likeness (QED) is 0.347. The van der Waals surface area contributed by atoms with Gasteiger partial charge in [-0.2, -0.15) is 0 Å². The fraction of sp³-hybridized carbons (Fsp3) is 0.724. The first kappa shape index (κ1) is 29.7. The molecule has 3 rings (SSSR count). The zero-order valence-electron chi connectivity index (χ0n) is 23.6. The molecule has 2 amide bonds. The van der Waals surface area contributed by atoms with Gasteiger partial charge in [-0.3, -0.25) is 4.79 Å². The van der Waals surface area contributed by atoms with Crippen LogP contribution in [0, 0.1) is 5.41 Å². The van der Waals surface area contributed by atoms with Crippen LogP contribution in [0.4, 0.5) is 10.6 Å². The second-order valence-electron chi connectivity index (χ2n) is 12.0. The fourth-order valence-electron chi connectivity index (χ4n) is 5.02. The average Bonchev–Trinajstić information content (AvgIpc) is 2.86. The molecule has 2 aliphatic rings. The molecular weight excluding hydrogens is 484 g/mol. The van der Waals surface area contributed by atoms with Gasteiger partial charge in [0.2, 0.25) is 5.91 Å². The van der Waals surface area contributed by atoms with E-state index >= 15 is 0 Å². The molecule has 0 spiro atoms. The van der Waals surface area contributed by atoms with Crippen molar-refractivity contribution >= 4 is 23.8 Å². The first-order chi connectivity index (χ1) is 18.0. The number of aryl methyl sites for hydroxylation is 2. The molecule has 1 aromatic heterocycles. The van der Waals surface area contributed by atoms with E-state index < -0.39 is 23.0 Å². The number of piperidine rings is 1. The third-order valence-electron chi connectivity index (χ3n) is 7.55. The summed E-state index contributed by atoms with van der Waals surface area (Å²) in [5.41, 5.74) is 1.16. The zero-order chi connectivity index (χ0) is 27.8. The Morgan fingerprint density at radius 1 is 1.13 bits per heavy atom. The predicted molar refractivity (Wildman–Crippen MR) is 147 cm³/mol. The molecule has 0 aromatic carbocycles. The lowest BCUT2D eigenvalue weighted by molar-refractivity contribution is -0.144. The minimum absolute atomic E-state index is 0.249. The number of rotatable bonds is 11. The van der Waals surface area contributed by atoms with Crippen LogP contribution in [0.25, 0.3) is 0 Å². The zero-order valence-corrected chi connectivity index (χ0v) is 23.6. The number of carbonyl (C=O) groups excluding carboxylic acids is 2. The van der Waals surface area contributed by atoms with Gasteiger partial charge >= 0.3 is 12.1 Å². The molecule has 9 nitrogen and oxygen atoms in total. The van der Waals surface area contributed by atoms with Gasteiger partial charge in [0.25, 0.3) is 0 Å². The number of carboxylic acids is 1. The van der Waals surface area contributed by atoms with Crippen LogP contribution < -0.4 is 10.6 Å². The van der Waals surface area contributed by atoms with Crippen LogP contribution in [-0.2, 0) is 27.2 Å². The molecule has 1 atom stereocenters. The summed E-state index contributed by atoms with van der Waals surface area (Å²) in [6, 6.07) is 3.43. The molecule has 0 bridgehead atoms. The lowest BCUT2D eigenvalue weighted by Crippen LogP contribution is -2.52. The number of pyridine rings is 1. The number of unbranched alkanes of at least 4 members (excludes halogenated alkanes) is 4. The van der Waals surface area contributed by atoms with E-state index in [2.05, 4.69) is 22.8 Å². The highest BCUT2D eigenvalue weighted by molar-refractivity contribution is 5.87. The summed E-state index contributed by atoms with van der Waals surface area (Å²) in [6.45, 7) is 9.13. The Morgan fingerprint density at radius 2 is 1.82 bits per heavy atom. The second-order valence-corrected chi connectivity index (χ2v) is 12.0. The number of aromatic nitrogens is 1. The van der Waals surface area contributed by atoms with Crippen molar-refractivity contribution in [2.24, 2.45) is 5.41 Å². The van der Waals surface area contributed by atoms with Gasteiger partial charge < -0.3 is 25.4 Å². The molecule has 9 heteroatoms. The number of nitrogens with zero attached hydrogens (tertiary/aromatic N) is 2. The normalized spacial score (nSPS) is 17.6. The Morgan fingerprint density at radius 3 is 2.50 bits per heavy atom. The molecule has 0 unspecified atom stereocenters. The van der Waals surface area contributed by atoms with E-state index in [9.17, 15) is 19.5 Å². The Labute approximate surface area is 227 Å². The number of ether oxygens (including phenoxy) is 1. The molecule has 2 aliphatic heterocycles. The van der Waals surface area contributed by atoms with Crippen molar-refractivity contribution in [3.05, 3.63) is 23.4 Å². The standard InChI is InChI=1S/C29H46N4O5/c1-28(2,3)38-27(37)33-19-16-29(4,17-20-33)26(36)32-23(25(34)35)13-9-7-5-6-8-12-22-15-14-21-11-10-18-30-24(21)31-22/h14-15,23H,5-13,16-20H2,1-4H3,(H,30,31)(H,32,36)(H,34,35)/t23-/m0/s1. The van der Waals surface area contributed by atoms with Crippen molar-refractivity contribution in [1.82, 2.24) is 15.2 Å². The molecule has 0 radical (unpaired) electrons. The molecule has 212 valence electrons. The number of aliphatic carboxylic acids is 1. The smallest absolute Gasteiger partial charge is 0.410 e. The third kappa shape index (κ3) is 8.88. The SMILES string of the molecule is CC(C)(C)OC(=O)N1CCC(C)(C(=O)N[C@@H](CCCCCCCc2ccc3c(n2)NCCC3)C(=O)O)CC1. The van der Waals surface area contributed by atoms with Gasteiger partial charge in [-0.25, -0.2) is 14.6 Å². The number of carboxylic acid groups (broad SMARTS) is 1. The number of carbonyl (C=O) groups is 3. The van der Waals surface area contributed by atoms with Crippen LogP contribution >= 0.6 is 0 Å². The monoisotopic (exact) mass is 530 g/mol. The minimum Gasteiger partial charge on any atom is -0.480 e. The van der Waals surface area contributed by atoms with Crippen LogP contribution in [0.5, 0.6) is 0 Å². The number of hydrogen-bond acceptors (Lipinski definition) is 6. The van der Waals surface area contributed by atoms with Gasteiger partial charge in [-0.05, 0) is 77.3 Å². The molecular formula is C29H46N4O5. The van der Waals surface area contributed by atoms with Crippen molar-refractivity contribution in [3.63, 3.8) is 0 Å². The van der Waals surface area contributed by atoms with Crippen molar-refractivity contribution in [3.8, 4) is 0 Å². The molecule has 1 saturated heterocycles. The maximum Gasteiger partial charge on any atom is 0.410 e. The Bertz CT molecular complexity index is 966. The molecule has 3 heterocycles. The molecule has 0 saturated carbocycles. The summed E-state index contributed by atoms with van der Waals surface area (Å²) in [5.74, 6) is -0.209. The maximum absolute atomic E-state index is 13.0. The Kier molecular flexibility index (Phi) is 10.4. The van der Waals surface area contributed by atoms with Crippen LogP contribution in [0.3, 0.4) is 0 Å². The molecule has 3 N–H and O–H groups in total. The van der Waals surface area contributed by atoms with Gasteiger partial charge in [0.15, 0.2) is 0 Å². The maximum atomic E-state index is 13.0. The van der Waals surface area contributed by atoms with E-state index in [1.807, 2.05) is 27.7 Å². The lowest BCUT2D eigenvalue weighted by Gasteiger charge is -2.39. The topological polar surface area (TPSA) is 121 Å². The molecule has 38 heavy (non-hydrogen) atoms. The summed E-state index contributed by atoms with van der Waals surface area (Å²) in [4.78, 5) is 43.5. The van der Waals surface area contributed by atoms with Crippen LogP contribution in [-0.4, -0.2) is 64.2 Å². The lowest BCUT2D eigenvalue weighted by atomic mass is 9.79. The van der Waals surface area contributed by atoms with E-state index in [4.69, 9.17) is 9.72 Å². The van der Waals surface area contributed by atoms with Crippen molar-refractivity contribution in [2.75, 3.05) is 25.0 Å². The summed E-state index contributed by atoms with van der Waals surface area (Å²) in [6.07, 6.45) is 9.04. The van der Waals surface area contributed by atoms with Crippen LogP contribution in [0.1, 0.15) is 96.7 Å². The van der Waals surface area contributed by atoms with Gasteiger partial charge in [-0.15, -0.1) is 0 Å². The Hall–Kier alpha value is -2.84. The number of likely N-dealkylation sites (tertiary alicyclic amines) is 1. The first-order valence-electron chi connectivity index (χ1n) is 14.2. The van der Waals surface area contributed by atoms with Gasteiger partial charge in [0.05, 0.1) is 0 Å². The third-order valence-corrected chi connectivity index (χ3v) is 7.55. The van der Waals surface area contributed by atoms with E-state index in [1.54, 1.807) is 4.90 Å². The summed E-state index contributed by atoms with van der Waals surface area (Å²) in [7, 11) is 0. The number of anilines is 1. The van der Waals surface area contributed by atoms with E-state index in [0.717, 1.165) is 69.4 Å². The predicted octanol–water partition coefficient (Wildman–Crippen LogP) is 4.93. The minimum atomic E-state index is -1.000. The molecule has 1 aromatic rings. The van der Waals surface area contributed by atoms with Crippen molar-refractivity contribution in [2.45, 2.75) is 110 Å². The highest BCUT2D eigenvalue weighted by Crippen LogP contribution is 2.32. The van der Waals surface area contributed by atoms with Gasteiger partial charge in [0, 0.05) is 30.7 Å². The number of fused-ring (bicyclic) bond motifs is 1. The number of nitrogens with one attached hydrogen (secondary N) is 2. The van der Waals surface area contributed by atoms with E-state index in [1.165, 1.54) is 5.56 Å². The Balaban J connectivity index is 1.34. The largest absolute Gasteiger partial charge is 0.480 e. The van der Waals surface area contributed by atoms with Crippen molar-refractivity contribution in [1.29, 1.82) is 0 Å².